The summed E-state index contributed by atoms with van der Waals surface area (Å²) in [7, 11) is 1.61. The molecule has 3 heterocycles. The molecule has 43 heavy (non-hydrogen) atoms. The Labute approximate surface area is 251 Å². The fourth-order valence-electron chi connectivity index (χ4n) is 5.20. The molecule has 226 valence electrons. The van der Waals surface area contributed by atoms with Crippen molar-refractivity contribution in [2.24, 2.45) is 5.92 Å². The molecule has 0 spiro atoms. The smallest absolute Gasteiger partial charge is 0.242 e. The van der Waals surface area contributed by atoms with Crippen LogP contribution in [0.15, 0.2) is 67.3 Å². The SMILES string of the molecule is COc1ccc2cc1OCCN(Cc1cnn(-c3ccccc3C)c1)CC(=O)N[C@H](C(C)C)C(=O)NCCn1ccnc1-2. The lowest BCUT2D eigenvalue weighted by Crippen LogP contribution is -2.52. The number of imidazole rings is 1. The second-order valence-electron chi connectivity index (χ2n) is 11.0. The first-order chi connectivity index (χ1) is 20.8. The predicted molar refractivity (Wildman–Crippen MR) is 163 cm³/mol. The third-order valence-electron chi connectivity index (χ3n) is 7.49. The Morgan fingerprint density at radius 3 is 2.77 bits per heavy atom. The van der Waals surface area contributed by atoms with Gasteiger partial charge in [-0.3, -0.25) is 14.5 Å². The molecular weight excluding hydrogens is 546 g/mol. The van der Waals surface area contributed by atoms with E-state index in [2.05, 4.69) is 20.7 Å². The zero-order valence-electron chi connectivity index (χ0n) is 25.1. The molecular formula is C32H39N7O4. The molecule has 0 fully saturated rings. The van der Waals surface area contributed by atoms with E-state index in [0.717, 1.165) is 28.2 Å². The van der Waals surface area contributed by atoms with E-state index in [9.17, 15) is 9.59 Å². The lowest BCUT2D eigenvalue weighted by atomic mass is 10.0. The molecule has 5 rings (SSSR count). The summed E-state index contributed by atoms with van der Waals surface area (Å²) in [6.45, 7) is 8.11. The Hall–Kier alpha value is -4.64. The minimum Gasteiger partial charge on any atom is -0.493 e. The number of rotatable bonds is 5. The second-order valence-corrected chi connectivity index (χ2v) is 11.0. The van der Waals surface area contributed by atoms with Crippen molar-refractivity contribution in [3.8, 4) is 28.6 Å². The molecule has 2 N–H and O–H groups in total. The molecule has 1 aliphatic rings. The van der Waals surface area contributed by atoms with E-state index in [-0.39, 0.29) is 24.3 Å². The molecule has 11 nitrogen and oxygen atoms in total. The van der Waals surface area contributed by atoms with Gasteiger partial charge in [-0.05, 0) is 42.7 Å². The number of carbonyl (C=O) groups excluding carboxylic acids is 2. The van der Waals surface area contributed by atoms with Gasteiger partial charge in [0.25, 0.3) is 0 Å². The van der Waals surface area contributed by atoms with Gasteiger partial charge in [-0.15, -0.1) is 0 Å². The zero-order chi connectivity index (χ0) is 30.3. The molecule has 2 amide bonds. The molecule has 1 aliphatic heterocycles. The number of methoxy groups -OCH3 is 1. The summed E-state index contributed by atoms with van der Waals surface area (Å²) in [6, 6.07) is 13.1. The number of nitrogens with zero attached hydrogens (tertiary/aromatic N) is 5. The van der Waals surface area contributed by atoms with Crippen LogP contribution in [0.5, 0.6) is 11.5 Å². The summed E-state index contributed by atoms with van der Waals surface area (Å²) >= 11 is 0. The van der Waals surface area contributed by atoms with Gasteiger partial charge in [0.1, 0.15) is 18.5 Å². The van der Waals surface area contributed by atoms with Crippen LogP contribution in [-0.4, -0.2) is 75.4 Å². The van der Waals surface area contributed by atoms with Gasteiger partial charge in [0.05, 0.1) is 25.5 Å². The Morgan fingerprint density at radius 2 is 1.98 bits per heavy atom. The number of hydrogen-bond acceptors (Lipinski definition) is 7. The summed E-state index contributed by atoms with van der Waals surface area (Å²) in [6.07, 6.45) is 7.40. The Kier molecular flexibility index (Phi) is 9.41. The molecule has 11 heteroatoms. The van der Waals surface area contributed by atoms with E-state index in [1.165, 1.54) is 0 Å². The van der Waals surface area contributed by atoms with Crippen LogP contribution in [0.1, 0.15) is 25.0 Å². The van der Waals surface area contributed by atoms with Crippen molar-refractivity contribution < 1.29 is 19.1 Å². The maximum absolute atomic E-state index is 13.3. The van der Waals surface area contributed by atoms with Crippen molar-refractivity contribution in [3.63, 3.8) is 0 Å². The van der Waals surface area contributed by atoms with Gasteiger partial charge in [0, 0.05) is 55.9 Å². The van der Waals surface area contributed by atoms with Gasteiger partial charge < -0.3 is 24.7 Å². The lowest BCUT2D eigenvalue weighted by molar-refractivity contribution is -0.130. The Bertz CT molecular complexity index is 1560. The number of aryl methyl sites for hydroxylation is 1. The highest BCUT2D eigenvalue weighted by atomic mass is 16.5. The quantitative estimate of drug-likeness (QED) is 0.370. The Balaban J connectivity index is 1.41. The van der Waals surface area contributed by atoms with Crippen molar-refractivity contribution in [3.05, 3.63) is 78.4 Å². The van der Waals surface area contributed by atoms with Crippen LogP contribution < -0.4 is 20.1 Å². The average Bonchev–Trinajstić information content (AvgIpc) is 3.65. The predicted octanol–water partition coefficient (Wildman–Crippen LogP) is 3.20. The van der Waals surface area contributed by atoms with Crippen LogP contribution in [0.2, 0.25) is 0 Å². The zero-order valence-corrected chi connectivity index (χ0v) is 25.1. The largest absolute Gasteiger partial charge is 0.493 e. The maximum Gasteiger partial charge on any atom is 0.242 e. The van der Waals surface area contributed by atoms with Crippen molar-refractivity contribution in [1.82, 2.24) is 34.9 Å². The number of hydrogen-bond donors (Lipinski definition) is 2. The van der Waals surface area contributed by atoms with Crippen molar-refractivity contribution in [2.75, 3.05) is 33.4 Å². The van der Waals surface area contributed by atoms with E-state index in [1.54, 1.807) is 13.3 Å². The van der Waals surface area contributed by atoms with Gasteiger partial charge in [-0.25, -0.2) is 9.67 Å². The Morgan fingerprint density at radius 1 is 1.14 bits per heavy atom. The number of aromatic nitrogens is 4. The number of benzene rings is 2. The highest BCUT2D eigenvalue weighted by Crippen LogP contribution is 2.32. The maximum atomic E-state index is 13.3. The molecule has 0 radical (unpaired) electrons. The van der Waals surface area contributed by atoms with Crippen LogP contribution in [0.3, 0.4) is 0 Å². The third-order valence-corrected chi connectivity index (χ3v) is 7.49. The van der Waals surface area contributed by atoms with E-state index in [4.69, 9.17) is 9.47 Å². The van der Waals surface area contributed by atoms with Gasteiger partial charge >= 0.3 is 0 Å². The van der Waals surface area contributed by atoms with E-state index >= 15 is 0 Å². The first-order valence-corrected chi connectivity index (χ1v) is 14.5. The molecule has 0 saturated heterocycles. The molecule has 2 aromatic heterocycles. The van der Waals surface area contributed by atoms with Crippen LogP contribution in [0, 0.1) is 12.8 Å². The minimum absolute atomic E-state index is 0.0853. The number of amides is 2. The van der Waals surface area contributed by atoms with Crippen LogP contribution in [-0.2, 0) is 22.7 Å². The summed E-state index contributed by atoms with van der Waals surface area (Å²) < 4.78 is 15.6. The third kappa shape index (κ3) is 7.23. The molecule has 0 saturated carbocycles. The number of ether oxygens (including phenoxy) is 2. The van der Waals surface area contributed by atoms with Gasteiger partial charge in [-0.2, -0.15) is 5.10 Å². The van der Waals surface area contributed by atoms with E-state index < -0.39 is 6.04 Å². The molecule has 0 unspecified atom stereocenters. The number of nitrogens with one attached hydrogen (secondary N) is 2. The van der Waals surface area contributed by atoms with Gasteiger partial charge in [0.2, 0.25) is 11.8 Å². The van der Waals surface area contributed by atoms with E-state index in [1.807, 2.05) is 96.0 Å². The fraction of sp³-hybridized carbons (Fsp3) is 0.375. The molecule has 0 aliphatic carbocycles. The molecule has 4 aromatic rings. The van der Waals surface area contributed by atoms with Gasteiger partial charge in [0.15, 0.2) is 11.5 Å². The first-order valence-electron chi connectivity index (χ1n) is 14.5. The lowest BCUT2D eigenvalue weighted by Gasteiger charge is -2.25. The van der Waals surface area contributed by atoms with E-state index in [0.29, 0.717) is 44.3 Å². The first kappa shape index (κ1) is 29.8. The number of carbonyl (C=O) groups is 2. The number of para-hydroxylation sites is 1. The highest BCUT2D eigenvalue weighted by Gasteiger charge is 2.25. The van der Waals surface area contributed by atoms with Crippen molar-refractivity contribution in [1.29, 1.82) is 0 Å². The topological polar surface area (TPSA) is 116 Å². The standard InChI is InChI=1S/C32H39N7O4/c1-22(2)30-32(41)34-12-14-38-13-11-33-31(38)25-9-10-27(42-4)28(17-25)43-16-15-37(21-29(40)36-30)19-24-18-35-39(20-24)26-8-6-5-7-23(26)3/h5-11,13,17-18,20,22,30H,12,14-16,19,21H2,1-4H3,(H,34,41)(H,36,40)/t30-/m1/s1. The fourth-order valence-corrected chi connectivity index (χ4v) is 5.20. The van der Waals surface area contributed by atoms with Gasteiger partial charge in [-0.1, -0.05) is 32.0 Å². The summed E-state index contributed by atoms with van der Waals surface area (Å²) in [5, 5.41) is 10.5. The summed E-state index contributed by atoms with van der Waals surface area (Å²) in [5.74, 6) is 1.41. The number of fused-ring (bicyclic) bond motifs is 4. The van der Waals surface area contributed by atoms with Crippen molar-refractivity contribution in [2.45, 2.75) is 39.9 Å². The molecule has 2 aromatic carbocycles. The minimum atomic E-state index is -0.661. The average molecular weight is 586 g/mol. The highest BCUT2D eigenvalue weighted by molar-refractivity contribution is 5.88. The molecule has 1 atom stereocenters. The summed E-state index contributed by atoms with van der Waals surface area (Å²) in [4.78, 5) is 33.0. The van der Waals surface area contributed by atoms with Crippen LogP contribution >= 0.6 is 0 Å². The molecule has 2 bridgehead atoms. The van der Waals surface area contributed by atoms with Crippen molar-refractivity contribution >= 4 is 11.8 Å². The van der Waals surface area contributed by atoms with Crippen LogP contribution in [0.25, 0.3) is 17.1 Å². The monoisotopic (exact) mass is 585 g/mol. The van der Waals surface area contributed by atoms with Crippen LogP contribution in [0.4, 0.5) is 0 Å². The normalized spacial score (nSPS) is 17.0. The summed E-state index contributed by atoms with van der Waals surface area (Å²) in [5.41, 5.74) is 3.93. The second kappa shape index (κ2) is 13.6.